The van der Waals surface area contributed by atoms with E-state index in [1.165, 1.54) is 6.07 Å². The maximum atomic E-state index is 13.0. The van der Waals surface area contributed by atoms with Crippen LogP contribution in [0, 0.1) is 12.9 Å². The number of halogens is 1. The van der Waals surface area contributed by atoms with E-state index in [0.29, 0.717) is 5.88 Å². The summed E-state index contributed by atoms with van der Waals surface area (Å²) >= 11 is 0. The number of aromatic nitrogens is 4. The molecule has 0 spiro atoms. The van der Waals surface area contributed by atoms with E-state index in [1.54, 1.807) is 12.1 Å². The first-order valence-electron chi connectivity index (χ1n) is 6.98. The average molecular weight is 291 g/mol. The zero-order valence-corrected chi connectivity index (χ0v) is 12.2. The molecule has 2 aromatic rings. The fourth-order valence-corrected chi connectivity index (χ4v) is 2.45. The number of nitrogens with zero attached hydrogens (tertiary/aromatic N) is 5. The molecule has 0 radical (unpaired) electrons. The van der Waals surface area contributed by atoms with E-state index < -0.39 is 5.95 Å². The number of pyridine rings is 1. The lowest BCUT2D eigenvalue weighted by Crippen LogP contribution is -2.26. The minimum atomic E-state index is -0.517. The number of likely N-dealkylation sites (tertiary alicyclic amines) is 1. The number of hydrogen-bond acceptors (Lipinski definition) is 5. The van der Waals surface area contributed by atoms with Crippen LogP contribution in [0.15, 0.2) is 18.2 Å². The minimum Gasteiger partial charge on any atom is -0.473 e. The molecule has 1 aliphatic rings. The van der Waals surface area contributed by atoms with Crippen molar-refractivity contribution in [3.05, 3.63) is 35.8 Å². The highest BCUT2D eigenvalue weighted by Gasteiger charge is 2.25. The molecule has 2 aromatic heterocycles. The second-order valence-electron chi connectivity index (χ2n) is 5.28. The van der Waals surface area contributed by atoms with Gasteiger partial charge in [-0.15, -0.1) is 10.2 Å². The van der Waals surface area contributed by atoms with Gasteiger partial charge in [-0.25, -0.2) is 0 Å². The molecule has 0 saturated carbocycles. The molecule has 1 unspecified atom stereocenters. The molecular formula is C14H18FN5O. The molecule has 7 heteroatoms. The quantitative estimate of drug-likeness (QED) is 0.795. The Bertz CT molecular complexity index is 630. The van der Waals surface area contributed by atoms with Gasteiger partial charge in [0.15, 0.2) is 0 Å². The third-order valence-electron chi connectivity index (χ3n) is 3.75. The Morgan fingerprint density at radius 3 is 2.95 bits per heavy atom. The summed E-state index contributed by atoms with van der Waals surface area (Å²) in [7, 11) is 1.96. The lowest BCUT2D eigenvalue weighted by molar-refractivity contribution is 0.188. The first kappa shape index (κ1) is 13.9. The molecule has 1 aliphatic heterocycles. The van der Waals surface area contributed by atoms with E-state index in [1.807, 2.05) is 18.5 Å². The fraction of sp³-hybridized carbons (Fsp3) is 0.500. The molecule has 1 atom stereocenters. The summed E-state index contributed by atoms with van der Waals surface area (Å²) in [6.45, 7) is 4.38. The van der Waals surface area contributed by atoms with Gasteiger partial charge in [0.1, 0.15) is 17.8 Å². The fourth-order valence-electron chi connectivity index (χ4n) is 2.45. The third kappa shape index (κ3) is 3.18. The van der Waals surface area contributed by atoms with Crippen LogP contribution >= 0.6 is 0 Å². The van der Waals surface area contributed by atoms with Crippen molar-refractivity contribution < 1.29 is 9.13 Å². The van der Waals surface area contributed by atoms with Crippen molar-refractivity contribution in [1.29, 1.82) is 0 Å². The van der Waals surface area contributed by atoms with Crippen LogP contribution in [0.2, 0.25) is 0 Å². The Morgan fingerprint density at radius 1 is 1.38 bits per heavy atom. The van der Waals surface area contributed by atoms with E-state index in [9.17, 15) is 4.39 Å². The maximum absolute atomic E-state index is 13.0. The van der Waals surface area contributed by atoms with E-state index in [-0.39, 0.29) is 6.10 Å². The van der Waals surface area contributed by atoms with Crippen LogP contribution < -0.4 is 4.74 Å². The van der Waals surface area contributed by atoms with Gasteiger partial charge in [0.25, 0.3) is 0 Å². The summed E-state index contributed by atoms with van der Waals surface area (Å²) in [6, 6.07) is 4.59. The first-order valence-corrected chi connectivity index (χ1v) is 6.98. The second kappa shape index (κ2) is 5.77. The van der Waals surface area contributed by atoms with Crippen molar-refractivity contribution in [3.8, 4) is 5.88 Å². The number of ether oxygens (including phenoxy) is 1. The summed E-state index contributed by atoms with van der Waals surface area (Å²) in [5, 5.41) is 8.23. The predicted molar refractivity (Wildman–Crippen MR) is 74.2 cm³/mol. The number of aryl methyl sites for hydroxylation is 1. The van der Waals surface area contributed by atoms with Crippen molar-refractivity contribution in [2.75, 3.05) is 13.1 Å². The van der Waals surface area contributed by atoms with Gasteiger partial charge in [-0.3, -0.25) is 4.90 Å². The standard InChI is InChI=1S/C14H18FN5O/c1-10-17-18-13(19(10)2)9-20-7-6-11(8-20)21-14-5-3-4-12(15)16-14/h3-5,11H,6-9H2,1-2H3. The highest BCUT2D eigenvalue weighted by molar-refractivity contribution is 5.11. The van der Waals surface area contributed by atoms with Crippen molar-refractivity contribution >= 4 is 0 Å². The molecule has 0 amide bonds. The Balaban J connectivity index is 1.57. The Kier molecular flexibility index (Phi) is 3.83. The average Bonchev–Trinajstić information content (AvgIpc) is 3.01. The van der Waals surface area contributed by atoms with Crippen LogP contribution in [0.3, 0.4) is 0 Å². The summed E-state index contributed by atoms with van der Waals surface area (Å²) in [4.78, 5) is 5.99. The predicted octanol–water partition coefficient (Wildman–Crippen LogP) is 1.31. The molecule has 0 aromatic carbocycles. The van der Waals surface area contributed by atoms with Crippen LogP contribution in [0.4, 0.5) is 4.39 Å². The van der Waals surface area contributed by atoms with Gasteiger partial charge in [-0.05, 0) is 19.4 Å². The summed E-state index contributed by atoms with van der Waals surface area (Å²) in [6.07, 6.45) is 0.934. The Hall–Kier alpha value is -2.02. The van der Waals surface area contributed by atoms with Gasteiger partial charge in [0.2, 0.25) is 11.8 Å². The van der Waals surface area contributed by atoms with E-state index in [4.69, 9.17) is 4.74 Å². The van der Waals surface area contributed by atoms with Gasteiger partial charge in [-0.1, -0.05) is 6.07 Å². The smallest absolute Gasteiger partial charge is 0.216 e. The van der Waals surface area contributed by atoms with Crippen LogP contribution in [0.5, 0.6) is 5.88 Å². The van der Waals surface area contributed by atoms with Crippen molar-refractivity contribution in [2.24, 2.45) is 7.05 Å². The number of rotatable bonds is 4. The normalized spacial score (nSPS) is 19.1. The molecular weight excluding hydrogens is 273 g/mol. The lowest BCUT2D eigenvalue weighted by atomic mass is 10.3. The van der Waals surface area contributed by atoms with Crippen LogP contribution in [0.1, 0.15) is 18.1 Å². The summed E-state index contributed by atoms with van der Waals surface area (Å²) in [5.41, 5.74) is 0. The molecule has 3 rings (SSSR count). The van der Waals surface area contributed by atoms with Crippen LogP contribution in [-0.2, 0) is 13.6 Å². The Labute approximate surface area is 122 Å². The SMILES string of the molecule is Cc1nnc(CN2CCC(Oc3cccc(F)n3)C2)n1C. The van der Waals surface area contributed by atoms with Crippen LogP contribution in [-0.4, -0.2) is 43.8 Å². The zero-order valence-electron chi connectivity index (χ0n) is 12.2. The molecule has 0 N–H and O–H groups in total. The van der Waals surface area contributed by atoms with Crippen LogP contribution in [0.25, 0.3) is 0 Å². The summed E-state index contributed by atoms with van der Waals surface area (Å²) in [5.74, 6) is 1.67. The topological polar surface area (TPSA) is 56.1 Å². The van der Waals surface area contributed by atoms with Gasteiger partial charge < -0.3 is 9.30 Å². The zero-order chi connectivity index (χ0) is 14.8. The third-order valence-corrected chi connectivity index (χ3v) is 3.75. The first-order chi connectivity index (χ1) is 10.1. The molecule has 0 aliphatic carbocycles. The molecule has 21 heavy (non-hydrogen) atoms. The van der Waals surface area contributed by atoms with E-state index >= 15 is 0 Å². The second-order valence-corrected chi connectivity index (χ2v) is 5.28. The molecule has 0 bridgehead atoms. The molecule has 3 heterocycles. The number of hydrogen-bond donors (Lipinski definition) is 0. The van der Waals surface area contributed by atoms with Gasteiger partial charge in [0.05, 0.1) is 6.54 Å². The van der Waals surface area contributed by atoms with E-state index in [0.717, 1.165) is 37.7 Å². The molecule has 1 saturated heterocycles. The van der Waals surface area contributed by atoms with Crippen molar-refractivity contribution in [3.63, 3.8) is 0 Å². The highest BCUT2D eigenvalue weighted by Crippen LogP contribution is 2.18. The maximum Gasteiger partial charge on any atom is 0.216 e. The highest BCUT2D eigenvalue weighted by atomic mass is 19.1. The Morgan fingerprint density at radius 2 is 2.24 bits per heavy atom. The lowest BCUT2D eigenvalue weighted by Gasteiger charge is -2.16. The van der Waals surface area contributed by atoms with Gasteiger partial charge >= 0.3 is 0 Å². The van der Waals surface area contributed by atoms with Crippen molar-refractivity contribution in [2.45, 2.75) is 26.0 Å². The minimum absolute atomic E-state index is 0.0358. The van der Waals surface area contributed by atoms with E-state index in [2.05, 4.69) is 20.1 Å². The molecule has 6 nitrogen and oxygen atoms in total. The monoisotopic (exact) mass is 291 g/mol. The van der Waals surface area contributed by atoms with Crippen molar-refractivity contribution in [1.82, 2.24) is 24.6 Å². The molecule has 112 valence electrons. The summed E-state index contributed by atoms with van der Waals surface area (Å²) < 4.78 is 20.7. The largest absolute Gasteiger partial charge is 0.473 e. The van der Waals surface area contributed by atoms with Gasteiger partial charge in [0, 0.05) is 26.2 Å². The van der Waals surface area contributed by atoms with Gasteiger partial charge in [-0.2, -0.15) is 9.37 Å². The molecule has 1 fully saturated rings.